The molecule has 18 heavy (non-hydrogen) atoms. The molecular formula is C14H16O3S. The van der Waals surface area contributed by atoms with Crippen molar-refractivity contribution in [2.24, 2.45) is 11.3 Å². The Bertz CT molecular complexity index is 591. The maximum absolute atomic E-state index is 12.6. The van der Waals surface area contributed by atoms with E-state index in [1.54, 1.807) is 30.3 Å². The Hall–Kier alpha value is -1.16. The highest BCUT2D eigenvalue weighted by Gasteiger charge is 2.60. The standard InChI is InChI=1S/C14H16O3S/c1-14-8-7-11(14)13(12(15)9-14)18(16,17)10-5-3-2-4-6-10/h2-6,11,13H,7-9H2,1H3/t11-,13?,14+/m1/s1. The van der Waals surface area contributed by atoms with Crippen LogP contribution in [0.5, 0.6) is 0 Å². The van der Waals surface area contributed by atoms with Crippen LogP contribution >= 0.6 is 0 Å². The Morgan fingerprint density at radius 3 is 2.39 bits per heavy atom. The van der Waals surface area contributed by atoms with Crippen molar-refractivity contribution in [3.05, 3.63) is 30.3 Å². The summed E-state index contributed by atoms with van der Waals surface area (Å²) < 4.78 is 25.1. The van der Waals surface area contributed by atoms with E-state index < -0.39 is 15.1 Å². The summed E-state index contributed by atoms with van der Waals surface area (Å²) >= 11 is 0. The van der Waals surface area contributed by atoms with Gasteiger partial charge in [-0.05, 0) is 36.3 Å². The molecule has 2 saturated carbocycles. The molecule has 4 heteroatoms. The topological polar surface area (TPSA) is 51.2 Å². The SMILES string of the molecule is C[C@@]12CC[C@@H]1C(S(=O)(=O)c1ccccc1)C(=O)C2. The van der Waals surface area contributed by atoms with Crippen LogP contribution < -0.4 is 0 Å². The number of benzene rings is 1. The van der Waals surface area contributed by atoms with Gasteiger partial charge in [-0.3, -0.25) is 4.79 Å². The molecule has 1 aromatic carbocycles. The number of ketones is 1. The maximum Gasteiger partial charge on any atom is 0.188 e. The molecule has 2 aliphatic carbocycles. The number of hydrogen-bond donors (Lipinski definition) is 0. The summed E-state index contributed by atoms with van der Waals surface area (Å²) in [7, 11) is -3.51. The minimum absolute atomic E-state index is 0.0233. The van der Waals surface area contributed by atoms with Crippen LogP contribution in [-0.2, 0) is 14.6 Å². The van der Waals surface area contributed by atoms with E-state index >= 15 is 0 Å². The molecule has 1 unspecified atom stereocenters. The molecule has 0 aromatic heterocycles. The van der Waals surface area contributed by atoms with Gasteiger partial charge in [0.1, 0.15) is 5.25 Å². The highest BCUT2D eigenvalue weighted by molar-refractivity contribution is 7.92. The molecule has 0 heterocycles. The number of Topliss-reactive ketones (excluding diaryl/α,β-unsaturated/α-hetero) is 1. The van der Waals surface area contributed by atoms with E-state index in [2.05, 4.69) is 0 Å². The Morgan fingerprint density at radius 1 is 1.22 bits per heavy atom. The van der Waals surface area contributed by atoms with Crippen molar-refractivity contribution in [1.82, 2.24) is 0 Å². The Labute approximate surface area is 107 Å². The van der Waals surface area contributed by atoms with Gasteiger partial charge in [0.25, 0.3) is 0 Å². The van der Waals surface area contributed by atoms with Gasteiger partial charge in [0.05, 0.1) is 4.90 Å². The third-order valence-electron chi connectivity index (χ3n) is 4.59. The van der Waals surface area contributed by atoms with Crippen LogP contribution in [0.15, 0.2) is 35.2 Å². The van der Waals surface area contributed by atoms with E-state index in [0.717, 1.165) is 12.8 Å². The van der Waals surface area contributed by atoms with Crippen molar-refractivity contribution in [3.8, 4) is 0 Å². The van der Waals surface area contributed by atoms with Crippen LogP contribution in [0.4, 0.5) is 0 Å². The number of fused-ring (bicyclic) bond motifs is 1. The number of carbonyl (C=O) groups excluding carboxylic acids is 1. The number of hydrogen-bond acceptors (Lipinski definition) is 3. The van der Waals surface area contributed by atoms with Crippen LogP contribution in [-0.4, -0.2) is 19.5 Å². The molecule has 1 aromatic rings. The highest BCUT2D eigenvalue weighted by atomic mass is 32.2. The van der Waals surface area contributed by atoms with Crippen LogP contribution in [0.1, 0.15) is 26.2 Å². The van der Waals surface area contributed by atoms with E-state index in [-0.39, 0.29) is 22.0 Å². The van der Waals surface area contributed by atoms with E-state index in [1.807, 2.05) is 6.92 Å². The van der Waals surface area contributed by atoms with Gasteiger partial charge in [-0.1, -0.05) is 25.1 Å². The van der Waals surface area contributed by atoms with E-state index in [4.69, 9.17) is 0 Å². The first-order valence-electron chi connectivity index (χ1n) is 6.27. The molecule has 0 bridgehead atoms. The summed E-state index contributed by atoms with van der Waals surface area (Å²) in [4.78, 5) is 12.4. The normalized spacial score (nSPS) is 35.1. The lowest BCUT2D eigenvalue weighted by molar-refractivity contribution is -0.117. The van der Waals surface area contributed by atoms with Gasteiger partial charge < -0.3 is 0 Å². The number of sulfone groups is 1. The van der Waals surface area contributed by atoms with Gasteiger partial charge in [-0.25, -0.2) is 8.42 Å². The quantitative estimate of drug-likeness (QED) is 0.823. The third-order valence-corrected chi connectivity index (χ3v) is 6.78. The number of rotatable bonds is 2. The highest BCUT2D eigenvalue weighted by Crippen LogP contribution is 2.58. The summed E-state index contributed by atoms with van der Waals surface area (Å²) in [5, 5.41) is -0.807. The zero-order valence-electron chi connectivity index (χ0n) is 10.3. The minimum Gasteiger partial charge on any atom is -0.298 e. The first-order valence-corrected chi connectivity index (χ1v) is 7.81. The third kappa shape index (κ3) is 1.48. The Kier molecular flexibility index (Phi) is 2.43. The second-order valence-electron chi connectivity index (χ2n) is 5.72. The zero-order chi connectivity index (χ0) is 13.0. The van der Waals surface area contributed by atoms with Crippen molar-refractivity contribution in [3.63, 3.8) is 0 Å². The smallest absolute Gasteiger partial charge is 0.188 e. The van der Waals surface area contributed by atoms with Gasteiger partial charge in [0.15, 0.2) is 15.6 Å². The summed E-state index contributed by atoms with van der Waals surface area (Å²) in [6.07, 6.45) is 2.26. The van der Waals surface area contributed by atoms with Crippen LogP contribution in [0, 0.1) is 11.3 Å². The van der Waals surface area contributed by atoms with E-state index in [1.165, 1.54) is 0 Å². The van der Waals surface area contributed by atoms with Gasteiger partial charge in [0, 0.05) is 6.42 Å². The maximum atomic E-state index is 12.6. The van der Waals surface area contributed by atoms with Crippen molar-refractivity contribution in [1.29, 1.82) is 0 Å². The average molecular weight is 264 g/mol. The van der Waals surface area contributed by atoms with Gasteiger partial charge in [0.2, 0.25) is 0 Å². The monoisotopic (exact) mass is 264 g/mol. The first kappa shape index (κ1) is 11.9. The van der Waals surface area contributed by atoms with Crippen LogP contribution in [0.3, 0.4) is 0 Å². The van der Waals surface area contributed by atoms with Crippen molar-refractivity contribution >= 4 is 15.6 Å². The predicted octanol–water partition coefficient (Wildman–Crippen LogP) is 2.22. The molecule has 2 fully saturated rings. The molecule has 3 nitrogen and oxygen atoms in total. The lowest BCUT2D eigenvalue weighted by Crippen LogP contribution is -2.41. The van der Waals surface area contributed by atoms with Crippen LogP contribution in [0.2, 0.25) is 0 Å². The second kappa shape index (κ2) is 3.67. The van der Waals surface area contributed by atoms with Gasteiger partial charge in [-0.15, -0.1) is 0 Å². The molecule has 0 aliphatic heterocycles. The van der Waals surface area contributed by atoms with Gasteiger partial charge >= 0.3 is 0 Å². The summed E-state index contributed by atoms with van der Waals surface area (Å²) in [5.41, 5.74) is -0.0659. The fraction of sp³-hybridized carbons (Fsp3) is 0.500. The molecule has 0 saturated heterocycles. The largest absolute Gasteiger partial charge is 0.298 e. The van der Waals surface area contributed by atoms with Crippen molar-refractivity contribution < 1.29 is 13.2 Å². The van der Waals surface area contributed by atoms with E-state index in [9.17, 15) is 13.2 Å². The summed E-state index contributed by atoms with van der Waals surface area (Å²) in [6.45, 7) is 2.04. The fourth-order valence-electron chi connectivity index (χ4n) is 3.41. The predicted molar refractivity (Wildman–Crippen MR) is 67.9 cm³/mol. The minimum atomic E-state index is -3.51. The molecule has 3 rings (SSSR count). The molecule has 2 aliphatic rings. The molecular weight excluding hydrogens is 248 g/mol. The fourth-order valence-corrected chi connectivity index (χ4v) is 5.57. The molecule has 0 radical (unpaired) electrons. The Morgan fingerprint density at radius 2 is 1.89 bits per heavy atom. The lowest BCUT2D eigenvalue weighted by atomic mass is 9.63. The molecule has 0 N–H and O–H groups in total. The first-order chi connectivity index (χ1) is 8.45. The Balaban J connectivity index is 2.03. The number of carbonyl (C=O) groups is 1. The molecule has 0 spiro atoms. The lowest BCUT2D eigenvalue weighted by Gasteiger charge is -2.43. The zero-order valence-corrected chi connectivity index (χ0v) is 11.1. The second-order valence-corrected chi connectivity index (χ2v) is 7.79. The summed E-state index contributed by atoms with van der Waals surface area (Å²) in [5.74, 6) is -0.0703. The summed E-state index contributed by atoms with van der Waals surface area (Å²) in [6, 6.07) is 8.34. The van der Waals surface area contributed by atoms with Gasteiger partial charge in [-0.2, -0.15) is 0 Å². The molecule has 96 valence electrons. The van der Waals surface area contributed by atoms with Crippen molar-refractivity contribution in [2.75, 3.05) is 0 Å². The average Bonchev–Trinajstić information content (AvgIpc) is 2.51. The van der Waals surface area contributed by atoms with Crippen molar-refractivity contribution in [2.45, 2.75) is 36.3 Å². The molecule has 0 amide bonds. The van der Waals surface area contributed by atoms with Crippen LogP contribution in [0.25, 0.3) is 0 Å². The van der Waals surface area contributed by atoms with E-state index in [0.29, 0.717) is 6.42 Å². The molecule has 3 atom stereocenters.